The highest BCUT2D eigenvalue weighted by molar-refractivity contribution is 7.09. The third-order valence-corrected chi connectivity index (χ3v) is 3.84. The van der Waals surface area contributed by atoms with Crippen LogP contribution in [0.4, 0.5) is 0 Å². The first-order chi connectivity index (χ1) is 7.75. The molecule has 1 aliphatic carbocycles. The Morgan fingerprint density at radius 3 is 3.06 bits per heavy atom. The topological polar surface area (TPSA) is 12.9 Å². The molecule has 2 heteroatoms. The van der Waals surface area contributed by atoms with Gasteiger partial charge in [0.2, 0.25) is 0 Å². The van der Waals surface area contributed by atoms with Crippen LogP contribution in [-0.4, -0.2) is 4.98 Å². The predicted octanol–water partition coefficient (Wildman–Crippen LogP) is 4.39. The standard InChI is InChI=1S/C14H17NS/c1-11(14-15-12(2)10-16-14)9-13-7-5-3-4-6-8-13/h3,5-8,10-11H,4,9H2,1-2H3. The summed E-state index contributed by atoms with van der Waals surface area (Å²) in [7, 11) is 0. The van der Waals surface area contributed by atoms with E-state index in [1.165, 1.54) is 10.6 Å². The van der Waals surface area contributed by atoms with Crippen molar-refractivity contribution in [1.82, 2.24) is 4.98 Å². The normalized spacial score (nSPS) is 17.0. The molecule has 0 saturated carbocycles. The van der Waals surface area contributed by atoms with Gasteiger partial charge >= 0.3 is 0 Å². The number of rotatable bonds is 3. The second-order valence-corrected chi connectivity index (χ2v) is 5.13. The molecule has 1 heterocycles. The molecule has 0 saturated heterocycles. The van der Waals surface area contributed by atoms with Crippen molar-refractivity contribution in [1.29, 1.82) is 0 Å². The lowest BCUT2D eigenvalue weighted by Gasteiger charge is -2.08. The maximum atomic E-state index is 4.55. The molecule has 0 spiro atoms. The molecular formula is C14H17NS. The van der Waals surface area contributed by atoms with Crippen molar-refractivity contribution in [3.05, 3.63) is 52.0 Å². The highest BCUT2D eigenvalue weighted by atomic mass is 32.1. The minimum atomic E-state index is 0.515. The molecule has 2 rings (SSSR count). The van der Waals surface area contributed by atoms with Gasteiger partial charge in [-0.3, -0.25) is 0 Å². The zero-order chi connectivity index (χ0) is 11.4. The lowest BCUT2D eigenvalue weighted by Crippen LogP contribution is -1.94. The predicted molar refractivity (Wildman–Crippen MR) is 70.9 cm³/mol. The smallest absolute Gasteiger partial charge is 0.0959 e. The van der Waals surface area contributed by atoms with Crippen molar-refractivity contribution in [3.8, 4) is 0 Å². The van der Waals surface area contributed by atoms with Crippen molar-refractivity contribution >= 4 is 11.3 Å². The van der Waals surface area contributed by atoms with Crippen LogP contribution in [0.15, 0.2) is 41.3 Å². The molecule has 0 bridgehead atoms. The largest absolute Gasteiger partial charge is 0.246 e. The SMILES string of the molecule is Cc1csc(C(C)CC2=CC=CCC=C2)n1. The second kappa shape index (κ2) is 5.26. The molecule has 1 aliphatic rings. The molecule has 16 heavy (non-hydrogen) atoms. The van der Waals surface area contributed by atoms with Crippen LogP contribution in [0.25, 0.3) is 0 Å². The Hall–Kier alpha value is -1.15. The van der Waals surface area contributed by atoms with E-state index in [-0.39, 0.29) is 0 Å². The van der Waals surface area contributed by atoms with Crippen LogP contribution < -0.4 is 0 Å². The van der Waals surface area contributed by atoms with Crippen LogP contribution in [0.2, 0.25) is 0 Å². The Labute approximate surface area is 101 Å². The Kier molecular flexibility index (Phi) is 3.73. The molecule has 1 aromatic rings. The van der Waals surface area contributed by atoms with Gasteiger partial charge in [-0.05, 0) is 25.3 Å². The van der Waals surface area contributed by atoms with Gasteiger partial charge in [0.1, 0.15) is 0 Å². The van der Waals surface area contributed by atoms with Gasteiger partial charge in [-0.25, -0.2) is 4.98 Å². The van der Waals surface area contributed by atoms with E-state index in [1.807, 2.05) is 0 Å². The summed E-state index contributed by atoms with van der Waals surface area (Å²) in [6, 6.07) is 0. The quantitative estimate of drug-likeness (QED) is 0.752. The number of hydrogen-bond donors (Lipinski definition) is 0. The molecule has 1 atom stereocenters. The monoisotopic (exact) mass is 231 g/mol. The van der Waals surface area contributed by atoms with Crippen molar-refractivity contribution in [2.75, 3.05) is 0 Å². The summed E-state index contributed by atoms with van der Waals surface area (Å²) < 4.78 is 0. The van der Waals surface area contributed by atoms with E-state index in [0.717, 1.165) is 18.5 Å². The fourth-order valence-electron chi connectivity index (χ4n) is 1.80. The molecule has 0 fully saturated rings. The number of nitrogens with zero attached hydrogens (tertiary/aromatic N) is 1. The van der Waals surface area contributed by atoms with E-state index < -0.39 is 0 Å². The summed E-state index contributed by atoms with van der Waals surface area (Å²) in [4.78, 5) is 4.55. The molecule has 0 aromatic carbocycles. The molecular weight excluding hydrogens is 214 g/mol. The average molecular weight is 231 g/mol. The number of aromatic nitrogens is 1. The minimum absolute atomic E-state index is 0.515. The first-order valence-electron chi connectivity index (χ1n) is 5.70. The van der Waals surface area contributed by atoms with Crippen molar-refractivity contribution < 1.29 is 0 Å². The summed E-state index contributed by atoms with van der Waals surface area (Å²) in [5.74, 6) is 0.515. The van der Waals surface area contributed by atoms with Crippen LogP contribution >= 0.6 is 11.3 Å². The Morgan fingerprint density at radius 2 is 2.31 bits per heavy atom. The number of thiazole rings is 1. The number of hydrogen-bond acceptors (Lipinski definition) is 2. The van der Waals surface area contributed by atoms with E-state index in [0.29, 0.717) is 5.92 Å². The van der Waals surface area contributed by atoms with E-state index in [2.05, 4.69) is 54.6 Å². The molecule has 84 valence electrons. The first-order valence-corrected chi connectivity index (χ1v) is 6.58. The highest BCUT2D eigenvalue weighted by Gasteiger charge is 2.10. The van der Waals surface area contributed by atoms with E-state index in [1.54, 1.807) is 11.3 Å². The highest BCUT2D eigenvalue weighted by Crippen LogP contribution is 2.26. The molecule has 0 N–H and O–H groups in total. The zero-order valence-electron chi connectivity index (χ0n) is 9.81. The second-order valence-electron chi connectivity index (χ2n) is 4.24. The summed E-state index contributed by atoms with van der Waals surface area (Å²) in [5.41, 5.74) is 2.53. The fraction of sp³-hybridized carbons (Fsp3) is 0.357. The Balaban J connectivity index is 2.04. The minimum Gasteiger partial charge on any atom is -0.246 e. The van der Waals surface area contributed by atoms with Gasteiger partial charge in [-0.15, -0.1) is 11.3 Å². The van der Waals surface area contributed by atoms with Crippen LogP contribution in [0.3, 0.4) is 0 Å². The molecule has 0 radical (unpaired) electrons. The fourth-order valence-corrected chi connectivity index (χ4v) is 2.66. The third kappa shape index (κ3) is 2.92. The van der Waals surface area contributed by atoms with Gasteiger partial charge in [0, 0.05) is 17.0 Å². The average Bonchev–Trinajstić information content (AvgIpc) is 2.54. The van der Waals surface area contributed by atoms with Crippen molar-refractivity contribution in [3.63, 3.8) is 0 Å². The lowest BCUT2D eigenvalue weighted by molar-refractivity contribution is 0.751. The van der Waals surface area contributed by atoms with Gasteiger partial charge in [-0.1, -0.05) is 37.3 Å². The van der Waals surface area contributed by atoms with Crippen LogP contribution in [0, 0.1) is 6.92 Å². The maximum Gasteiger partial charge on any atom is 0.0959 e. The molecule has 0 aliphatic heterocycles. The summed E-state index contributed by atoms with van der Waals surface area (Å²) in [6.45, 7) is 4.31. The van der Waals surface area contributed by atoms with Gasteiger partial charge in [0.05, 0.1) is 5.01 Å². The summed E-state index contributed by atoms with van der Waals surface area (Å²) in [5, 5.41) is 3.38. The van der Waals surface area contributed by atoms with Crippen LogP contribution in [0.1, 0.15) is 36.4 Å². The maximum absolute atomic E-state index is 4.55. The van der Waals surface area contributed by atoms with Crippen LogP contribution in [-0.2, 0) is 0 Å². The van der Waals surface area contributed by atoms with Gasteiger partial charge in [0.25, 0.3) is 0 Å². The number of allylic oxidation sites excluding steroid dienone is 6. The zero-order valence-corrected chi connectivity index (χ0v) is 10.6. The Morgan fingerprint density at radius 1 is 1.44 bits per heavy atom. The summed E-state index contributed by atoms with van der Waals surface area (Å²) in [6.07, 6.45) is 13.1. The number of aryl methyl sites for hydroxylation is 1. The molecule has 1 nitrogen and oxygen atoms in total. The van der Waals surface area contributed by atoms with Gasteiger partial charge in [-0.2, -0.15) is 0 Å². The van der Waals surface area contributed by atoms with E-state index >= 15 is 0 Å². The first kappa shape index (κ1) is 11.3. The van der Waals surface area contributed by atoms with E-state index in [4.69, 9.17) is 0 Å². The van der Waals surface area contributed by atoms with E-state index in [9.17, 15) is 0 Å². The molecule has 0 amide bonds. The molecule has 1 unspecified atom stereocenters. The van der Waals surface area contributed by atoms with Crippen molar-refractivity contribution in [2.45, 2.75) is 32.6 Å². The molecule has 1 aromatic heterocycles. The summed E-state index contributed by atoms with van der Waals surface area (Å²) >= 11 is 1.77. The van der Waals surface area contributed by atoms with Gasteiger partial charge < -0.3 is 0 Å². The lowest BCUT2D eigenvalue weighted by atomic mass is 10.0. The Bertz CT molecular complexity index is 437. The van der Waals surface area contributed by atoms with Crippen molar-refractivity contribution in [2.24, 2.45) is 0 Å². The van der Waals surface area contributed by atoms with Gasteiger partial charge in [0.15, 0.2) is 0 Å². The third-order valence-electron chi connectivity index (χ3n) is 2.65. The van der Waals surface area contributed by atoms with Crippen LogP contribution in [0.5, 0.6) is 0 Å².